The van der Waals surface area contributed by atoms with Gasteiger partial charge in [-0.15, -0.1) is 10.5 Å². The number of thiocarbonyl (C=S) groups is 1. The Hall–Kier alpha value is -2.31. The van der Waals surface area contributed by atoms with E-state index >= 15 is 0 Å². The van der Waals surface area contributed by atoms with E-state index in [1.165, 1.54) is 0 Å². The van der Waals surface area contributed by atoms with Gasteiger partial charge in [0.25, 0.3) is 0 Å². The molecule has 0 amide bonds. The highest BCUT2D eigenvalue weighted by Crippen LogP contribution is 2.31. The molecule has 25 heavy (non-hydrogen) atoms. The molecule has 0 heterocycles. The summed E-state index contributed by atoms with van der Waals surface area (Å²) in [6, 6.07) is 13.2. The normalized spacial score (nSPS) is 10.5. The second kappa shape index (κ2) is 9.86. The summed E-state index contributed by atoms with van der Waals surface area (Å²) in [5.41, 5.74) is 4.60. The van der Waals surface area contributed by atoms with Gasteiger partial charge in [0, 0.05) is 17.1 Å². The number of hydrazone groups is 1. The molecular weight excluding hydrogens is 358 g/mol. The summed E-state index contributed by atoms with van der Waals surface area (Å²) in [5.74, 6) is 1.26. The van der Waals surface area contributed by atoms with Crippen molar-refractivity contribution < 1.29 is 14.6 Å². The molecule has 0 fully saturated rings. The zero-order valence-electron chi connectivity index (χ0n) is 14.1. The van der Waals surface area contributed by atoms with E-state index in [9.17, 15) is 0 Å². The van der Waals surface area contributed by atoms with Gasteiger partial charge in [-0.3, -0.25) is 0 Å². The van der Waals surface area contributed by atoms with E-state index in [2.05, 4.69) is 15.8 Å². The van der Waals surface area contributed by atoms with Crippen molar-refractivity contribution in [2.75, 3.05) is 13.7 Å². The minimum atomic E-state index is 0.337. The average Bonchev–Trinajstić information content (AvgIpc) is 2.61. The zero-order chi connectivity index (χ0) is 18.1. The molecule has 0 aromatic heterocycles. The summed E-state index contributed by atoms with van der Waals surface area (Å²) in [5, 5.41) is 7.12. The van der Waals surface area contributed by atoms with Gasteiger partial charge < -0.3 is 14.8 Å². The van der Waals surface area contributed by atoms with Crippen LogP contribution in [0, 0.1) is 0 Å². The van der Waals surface area contributed by atoms with E-state index in [1.807, 2.05) is 49.4 Å². The standard InChI is InChI=1S/C18H20ClN3O2S/c1-3-20-18(25)22-21-11-13-8-6-10-16(23-2)17(13)24-12-14-7-4-5-9-15(14)19/h4-11H,3,12H2,1-2H3,(H2,20,22,25)/p+1. The smallest absolute Gasteiger partial charge is 0.223 e. The van der Waals surface area contributed by atoms with Gasteiger partial charge in [0.2, 0.25) is 11.3 Å². The molecule has 0 aliphatic heterocycles. The minimum Gasteiger partial charge on any atom is -0.493 e. The fourth-order valence-corrected chi connectivity index (χ4v) is 2.50. The highest BCUT2D eigenvalue weighted by atomic mass is 35.5. The van der Waals surface area contributed by atoms with Gasteiger partial charge in [0.1, 0.15) is 6.61 Å². The Bertz CT molecular complexity index is 753. The first kappa shape index (κ1) is 19.0. The number of para-hydroxylation sites is 1. The summed E-state index contributed by atoms with van der Waals surface area (Å²) in [6.45, 7) is 3.06. The van der Waals surface area contributed by atoms with Crippen LogP contribution in [0.4, 0.5) is 0 Å². The lowest BCUT2D eigenvalue weighted by atomic mass is 10.2. The van der Waals surface area contributed by atoms with Crippen LogP contribution in [0.15, 0.2) is 42.5 Å². The number of hydrogen-bond acceptors (Lipinski definition) is 3. The van der Waals surface area contributed by atoms with Gasteiger partial charge in [-0.1, -0.05) is 35.9 Å². The molecule has 5 nitrogen and oxygen atoms in total. The van der Waals surface area contributed by atoms with Gasteiger partial charge >= 0.3 is 0 Å². The molecule has 0 spiro atoms. The van der Waals surface area contributed by atoms with Gasteiger partial charge in [0.05, 0.1) is 12.7 Å². The molecule has 2 aromatic rings. The molecule has 0 atom stereocenters. The molecule has 0 radical (unpaired) electrons. The molecule has 2 rings (SSSR count). The third-order valence-electron chi connectivity index (χ3n) is 3.31. The Labute approximate surface area is 158 Å². The van der Waals surface area contributed by atoms with Crippen LogP contribution in [-0.4, -0.2) is 25.0 Å². The second-order valence-electron chi connectivity index (χ2n) is 5.03. The number of nitrogens with one attached hydrogen (secondary N) is 3. The van der Waals surface area contributed by atoms with Crippen molar-refractivity contribution in [2.24, 2.45) is 0 Å². The van der Waals surface area contributed by atoms with Crippen LogP contribution < -0.4 is 25.3 Å². The summed E-state index contributed by atoms with van der Waals surface area (Å²) in [4.78, 5) is 0. The number of hydrogen-bond donors (Lipinski definition) is 3. The van der Waals surface area contributed by atoms with Gasteiger partial charge in [-0.05, 0) is 37.3 Å². The van der Waals surface area contributed by atoms with Crippen LogP contribution in [0.25, 0.3) is 0 Å². The number of hydrazine groups is 1. The molecule has 2 aromatic carbocycles. The molecule has 0 aliphatic rings. The van der Waals surface area contributed by atoms with Gasteiger partial charge in [-0.2, -0.15) is 0 Å². The number of rotatable bonds is 7. The molecule has 0 aliphatic carbocycles. The van der Waals surface area contributed by atoms with Crippen LogP contribution in [-0.2, 0) is 6.61 Å². The van der Waals surface area contributed by atoms with Crippen molar-refractivity contribution in [3.63, 3.8) is 0 Å². The lowest BCUT2D eigenvalue weighted by Gasteiger charge is -2.13. The number of halogens is 1. The van der Waals surface area contributed by atoms with Crippen LogP contribution >= 0.6 is 23.8 Å². The first-order chi connectivity index (χ1) is 12.2. The monoisotopic (exact) mass is 378 g/mol. The second-order valence-corrected chi connectivity index (χ2v) is 5.85. The van der Waals surface area contributed by atoms with Crippen molar-refractivity contribution in [2.45, 2.75) is 13.5 Å². The van der Waals surface area contributed by atoms with Crippen LogP contribution in [0.2, 0.25) is 5.02 Å². The molecule has 0 saturated heterocycles. The highest BCUT2D eigenvalue weighted by molar-refractivity contribution is 7.80. The predicted molar refractivity (Wildman–Crippen MR) is 104 cm³/mol. The number of ether oxygens (including phenoxy) is 2. The third kappa shape index (κ3) is 5.62. The Morgan fingerprint density at radius 2 is 2.04 bits per heavy atom. The predicted octanol–water partition coefficient (Wildman–Crippen LogP) is 1.83. The maximum atomic E-state index is 6.19. The largest absolute Gasteiger partial charge is 0.493 e. The van der Waals surface area contributed by atoms with Crippen molar-refractivity contribution in [1.29, 1.82) is 0 Å². The van der Waals surface area contributed by atoms with E-state index in [-0.39, 0.29) is 0 Å². The molecule has 132 valence electrons. The van der Waals surface area contributed by atoms with E-state index < -0.39 is 0 Å². The molecular formula is C18H21ClN3O2S+. The highest BCUT2D eigenvalue weighted by Gasteiger charge is 2.12. The molecule has 0 unspecified atom stereocenters. The maximum absolute atomic E-state index is 6.19. The first-order valence-electron chi connectivity index (χ1n) is 7.81. The van der Waals surface area contributed by atoms with E-state index in [4.69, 9.17) is 33.3 Å². The Kier molecular flexibility index (Phi) is 7.50. The summed E-state index contributed by atoms with van der Waals surface area (Å²) < 4.78 is 11.4. The van der Waals surface area contributed by atoms with Crippen LogP contribution in [0.1, 0.15) is 18.1 Å². The number of benzene rings is 2. The van der Waals surface area contributed by atoms with Crippen molar-refractivity contribution in [3.05, 3.63) is 58.6 Å². The molecule has 7 heteroatoms. The lowest BCUT2D eigenvalue weighted by Crippen LogP contribution is -2.82. The topological polar surface area (TPSA) is 56.5 Å². The van der Waals surface area contributed by atoms with Crippen LogP contribution in [0.3, 0.4) is 0 Å². The minimum absolute atomic E-state index is 0.337. The quantitative estimate of drug-likeness (QED) is 0.390. The Morgan fingerprint density at radius 3 is 2.76 bits per heavy atom. The summed E-state index contributed by atoms with van der Waals surface area (Å²) >= 11 is 11.3. The fraction of sp³-hybridized carbons (Fsp3) is 0.222. The number of methoxy groups -OCH3 is 1. The van der Waals surface area contributed by atoms with Crippen molar-refractivity contribution in [1.82, 2.24) is 10.7 Å². The Morgan fingerprint density at radius 1 is 1.24 bits per heavy atom. The fourth-order valence-electron chi connectivity index (χ4n) is 2.11. The van der Waals surface area contributed by atoms with Crippen molar-refractivity contribution >= 4 is 35.1 Å². The van der Waals surface area contributed by atoms with Crippen LogP contribution in [0.5, 0.6) is 11.5 Å². The molecule has 0 bridgehead atoms. The van der Waals surface area contributed by atoms with Crippen molar-refractivity contribution in [3.8, 4) is 11.5 Å². The van der Waals surface area contributed by atoms with E-state index in [0.29, 0.717) is 28.2 Å². The molecule has 3 N–H and O–H groups in total. The molecule has 0 saturated carbocycles. The van der Waals surface area contributed by atoms with E-state index in [0.717, 1.165) is 17.7 Å². The lowest BCUT2D eigenvalue weighted by molar-refractivity contribution is -0.500. The SMILES string of the molecule is CCNC(=S)N[NH+]=Cc1cccc(OC)c1OCc1ccccc1Cl. The summed E-state index contributed by atoms with van der Waals surface area (Å²) in [6.07, 6.45) is 1.76. The average molecular weight is 379 g/mol. The van der Waals surface area contributed by atoms with Gasteiger partial charge in [0.15, 0.2) is 11.5 Å². The zero-order valence-corrected chi connectivity index (χ0v) is 15.7. The van der Waals surface area contributed by atoms with Gasteiger partial charge in [-0.25, -0.2) is 0 Å². The third-order valence-corrected chi connectivity index (χ3v) is 3.92. The first-order valence-corrected chi connectivity index (χ1v) is 8.60. The summed E-state index contributed by atoms with van der Waals surface area (Å²) in [7, 11) is 1.60. The Balaban J connectivity index is 2.16. The van der Waals surface area contributed by atoms with E-state index in [1.54, 1.807) is 13.3 Å². The maximum Gasteiger partial charge on any atom is 0.223 e.